The normalized spacial score (nSPS) is 10.6. The van der Waals surface area contributed by atoms with Gasteiger partial charge in [0.05, 0.1) is 13.2 Å². The van der Waals surface area contributed by atoms with Gasteiger partial charge in [-0.25, -0.2) is 9.59 Å². The number of benzene rings is 2. The Hall–Kier alpha value is -3.21. The van der Waals surface area contributed by atoms with Crippen molar-refractivity contribution in [3.05, 3.63) is 77.6 Å². The Morgan fingerprint density at radius 3 is 2.19 bits per heavy atom. The second-order valence-electron chi connectivity index (χ2n) is 5.99. The smallest absolute Gasteiger partial charge is 0.404 e. The number of carbonyl (C=O) groups is 2. The van der Waals surface area contributed by atoms with Gasteiger partial charge in [0.2, 0.25) is 0 Å². The average Bonchev–Trinajstić information content (AvgIpc) is 2.68. The van der Waals surface area contributed by atoms with Crippen molar-refractivity contribution in [1.82, 2.24) is 0 Å². The maximum atomic E-state index is 12.8. The molecule has 0 radical (unpaired) electrons. The van der Waals surface area contributed by atoms with E-state index in [4.69, 9.17) is 9.47 Å². The van der Waals surface area contributed by atoms with Gasteiger partial charge in [0.15, 0.2) is 12.7 Å². The summed E-state index contributed by atoms with van der Waals surface area (Å²) in [7, 11) is 0. The zero-order valence-electron chi connectivity index (χ0n) is 15.5. The molecule has 0 unspecified atom stereocenters. The molecule has 0 aliphatic rings. The molecule has 3 rings (SSSR count). The van der Waals surface area contributed by atoms with E-state index in [1.807, 2.05) is 60.8 Å². The van der Waals surface area contributed by atoms with E-state index in [9.17, 15) is 9.59 Å². The molecule has 0 N–H and O–H groups in total. The third-order valence-corrected chi connectivity index (χ3v) is 4.19. The Labute approximate surface area is 158 Å². The SMILES string of the molecule is CCOC(=O)c1c(C(=O)OCC)[n+](Cc2ccccc2)cc2ccccc12. The molecular weight excluding hydrogens is 342 g/mol. The Morgan fingerprint density at radius 1 is 0.852 bits per heavy atom. The van der Waals surface area contributed by atoms with Crippen LogP contribution in [0.3, 0.4) is 0 Å². The summed E-state index contributed by atoms with van der Waals surface area (Å²) < 4.78 is 12.3. The van der Waals surface area contributed by atoms with Gasteiger partial charge in [0.1, 0.15) is 5.56 Å². The van der Waals surface area contributed by atoms with Gasteiger partial charge in [0.25, 0.3) is 0 Å². The van der Waals surface area contributed by atoms with E-state index in [-0.39, 0.29) is 24.5 Å². The van der Waals surface area contributed by atoms with E-state index in [0.29, 0.717) is 11.9 Å². The predicted octanol–water partition coefficient (Wildman–Crippen LogP) is 3.53. The molecule has 0 saturated carbocycles. The molecule has 0 amide bonds. The second-order valence-corrected chi connectivity index (χ2v) is 5.99. The van der Waals surface area contributed by atoms with Gasteiger partial charge < -0.3 is 9.47 Å². The molecule has 1 aromatic heterocycles. The lowest BCUT2D eigenvalue weighted by Gasteiger charge is -2.11. The molecule has 1 heterocycles. The molecule has 0 aliphatic heterocycles. The van der Waals surface area contributed by atoms with Crippen LogP contribution < -0.4 is 4.57 Å². The zero-order chi connectivity index (χ0) is 19.2. The quantitative estimate of drug-likeness (QED) is 0.496. The lowest BCUT2D eigenvalue weighted by Crippen LogP contribution is -2.43. The number of aromatic nitrogens is 1. The van der Waals surface area contributed by atoms with Crippen LogP contribution >= 0.6 is 0 Å². The molecule has 0 spiro atoms. The van der Waals surface area contributed by atoms with Gasteiger partial charge in [-0.05, 0) is 19.9 Å². The van der Waals surface area contributed by atoms with E-state index < -0.39 is 11.9 Å². The summed E-state index contributed by atoms with van der Waals surface area (Å²) in [5, 5.41) is 1.52. The van der Waals surface area contributed by atoms with Crippen LogP contribution in [-0.4, -0.2) is 25.2 Å². The number of nitrogens with zero attached hydrogens (tertiary/aromatic N) is 1. The summed E-state index contributed by atoms with van der Waals surface area (Å²) in [4.78, 5) is 25.5. The van der Waals surface area contributed by atoms with E-state index in [0.717, 1.165) is 10.9 Å². The van der Waals surface area contributed by atoms with Crippen LogP contribution in [-0.2, 0) is 16.0 Å². The van der Waals surface area contributed by atoms with E-state index in [1.165, 1.54) is 0 Å². The van der Waals surface area contributed by atoms with Crippen molar-refractivity contribution < 1.29 is 23.6 Å². The molecule has 27 heavy (non-hydrogen) atoms. The summed E-state index contributed by atoms with van der Waals surface area (Å²) in [5.74, 6) is -1.07. The lowest BCUT2D eigenvalue weighted by atomic mass is 10.0. The second kappa shape index (κ2) is 8.45. The standard InChI is InChI=1S/C22H22NO4/c1-3-26-21(24)19-18-13-9-8-12-17(18)15-23(20(19)22(25)27-4-2)14-16-10-6-5-7-11-16/h5-13,15H,3-4,14H2,1-2H3/q+1. The number of hydrogen-bond donors (Lipinski definition) is 0. The van der Waals surface area contributed by atoms with Crippen molar-refractivity contribution in [2.75, 3.05) is 13.2 Å². The minimum atomic E-state index is -0.540. The number of ether oxygens (including phenoxy) is 2. The van der Waals surface area contributed by atoms with E-state index in [1.54, 1.807) is 18.4 Å². The first kappa shape index (κ1) is 18.6. The first-order chi connectivity index (χ1) is 13.2. The van der Waals surface area contributed by atoms with Crippen molar-refractivity contribution in [3.8, 4) is 0 Å². The van der Waals surface area contributed by atoms with E-state index >= 15 is 0 Å². The molecule has 0 bridgehead atoms. The van der Waals surface area contributed by atoms with Crippen LogP contribution in [0.15, 0.2) is 60.8 Å². The topological polar surface area (TPSA) is 56.5 Å². The Morgan fingerprint density at radius 2 is 1.48 bits per heavy atom. The number of fused-ring (bicyclic) bond motifs is 1. The van der Waals surface area contributed by atoms with Crippen molar-refractivity contribution in [2.24, 2.45) is 0 Å². The highest BCUT2D eigenvalue weighted by Crippen LogP contribution is 2.22. The monoisotopic (exact) mass is 364 g/mol. The fourth-order valence-corrected chi connectivity index (χ4v) is 3.07. The molecule has 0 aliphatic carbocycles. The number of carbonyl (C=O) groups excluding carboxylic acids is 2. The van der Waals surface area contributed by atoms with Crippen molar-refractivity contribution in [1.29, 1.82) is 0 Å². The summed E-state index contributed by atoms with van der Waals surface area (Å²) in [6, 6.07) is 17.2. The Bertz CT molecular complexity index is 967. The highest BCUT2D eigenvalue weighted by atomic mass is 16.5. The Kier molecular flexibility index (Phi) is 5.81. The maximum Gasteiger partial charge on any atom is 0.404 e. The molecule has 0 fully saturated rings. The van der Waals surface area contributed by atoms with Gasteiger partial charge in [0, 0.05) is 16.3 Å². The third kappa shape index (κ3) is 3.97. The number of rotatable bonds is 6. The van der Waals surface area contributed by atoms with Crippen LogP contribution in [0.1, 0.15) is 40.3 Å². The van der Waals surface area contributed by atoms with Gasteiger partial charge >= 0.3 is 17.6 Å². The molecule has 5 nitrogen and oxygen atoms in total. The predicted molar refractivity (Wildman–Crippen MR) is 102 cm³/mol. The summed E-state index contributed by atoms with van der Waals surface area (Å²) in [5.41, 5.74) is 1.46. The van der Waals surface area contributed by atoms with Crippen LogP contribution in [0.2, 0.25) is 0 Å². The maximum absolute atomic E-state index is 12.8. The first-order valence-electron chi connectivity index (χ1n) is 8.99. The summed E-state index contributed by atoms with van der Waals surface area (Å²) in [6.45, 7) is 4.37. The fraction of sp³-hybridized carbons (Fsp3) is 0.227. The van der Waals surface area contributed by atoms with Crippen LogP contribution in [0.4, 0.5) is 0 Å². The van der Waals surface area contributed by atoms with Crippen molar-refractivity contribution in [3.63, 3.8) is 0 Å². The van der Waals surface area contributed by atoms with E-state index in [2.05, 4.69) is 0 Å². The minimum Gasteiger partial charge on any atom is -0.462 e. The molecule has 0 saturated heterocycles. The highest BCUT2D eigenvalue weighted by Gasteiger charge is 2.33. The third-order valence-electron chi connectivity index (χ3n) is 4.19. The molecule has 2 aromatic carbocycles. The first-order valence-corrected chi connectivity index (χ1v) is 8.99. The summed E-state index contributed by atoms with van der Waals surface area (Å²) in [6.07, 6.45) is 1.87. The summed E-state index contributed by atoms with van der Waals surface area (Å²) >= 11 is 0. The fourth-order valence-electron chi connectivity index (χ4n) is 3.07. The number of pyridine rings is 1. The van der Waals surface area contributed by atoms with Gasteiger partial charge in [-0.15, -0.1) is 0 Å². The molecule has 5 heteroatoms. The van der Waals surface area contributed by atoms with Crippen molar-refractivity contribution in [2.45, 2.75) is 20.4 Å². The van der Waals surface area contributed by atoms with Gasteiger partial charge in [-0.3, -0.25) is 0 Å². The van der Waals surface area contributed by atoms with Crippen LogP contribution in [0.5, 0.6) is 0 Å². The lowest BCUT2D eigenvalue weighted by molar-refractivity contribution is -0.689. The van der Waals surface area contributed by atoms with Crippen molar-refractivity contribution >= 4 is 22.7 Å². The minimum absolute atomic E-state index is 0.206. The zero-order valence-corrected chi connectivity index (χ0v) is 15.5. The molecule has 138 valence electrons. The molecule has 3 aromatic rings. The average molecular weight is 364 g/mol. The molecule has 0 atom stereocenters. The number of esters is 2. The highest BCUT2D eigenvalue weighted by molar-refractivity contribution is 6.10. The largest absolute Gasteiger partial charge is 0.462 e. The van der Waals surface area contributed by atoms with Gasteiger partial charge in [-0.1, -0.05) is 48.5 Å². The molecular formula is C22H22NO4+. The van der Waals surface area contributed by atoms with Crippen LogP contribution in [0.25, 0.3) is 10.8 Å². The Balaban J connectivity index is 2.27. The number of hydrogen-bond acceptors (Lipinski definition) is 4. The van der Waals surface area contributed by atoms with Gasteiger partial charge in [-0.2, -0.15) is 4.57 Å². The van der Waals surface area contributed by atoms with Crippen LogP contribution in [0, 0.1) is 0 Å².